The van der Waals surface area contributed by atoms with E-state index in [0.29, 0.717) is 13.2 Å². The van der Waals surface area contributed by atoms with E-state index < -0.39 is 128 Å². The normalized spacial score (nSPS) is 31.2. The first-order valence-corrected chi connectivity index (χ1v) is 47.8. The Morgan fingerprint density at radius 2 is 0.564 bits per heavy atom. The summed E-state index contributed by atoms with van der Waals surface area (Å²) >= 11 is 0. The molecule has 2 fully saturated rings. The molecule has 6 unspecified atom stereocenters. The van der Waals surface area contributed by atoms with Crippen LogP contribution in [0.2, 0.25) is 157 Å². The van der Waals surface area contributed by atoms with Gasteiger partial charge in [-0.15, -0.1) is 0 Å². The van der Waals surface area contributed by atoms with Crippen molar-refractivity contribution in [3.8, 4) is 0 Å². The lowest BCUT2D eigenvalue weighted by atomic mass is 9.97. The van der Waals surface area contributed by atoms with E-state index in [1.165, 1.54) is 0 Å². The van der Waals surface area contributed by atoms with Crippen molar-refractivity contribution in [2.75, 3.05) is 13.2 Å². The van der Waals surface area contributed by atoms with Gasteiger partial charge in [0.25, 0.3) is 0 Å². The second-order valence-electron chi connectivity index (χ2n) is 23.2. The lowest BCUT2D eigenvalue weighted by molar-refractivity contribution is -0.344. The lowest BCUT2D eigenvalue weighted by Gasteiger charge is -2.54. The second kappa shape index (κ2) is 19.1. The molecule has 0 aromatic heterocycles. The van der Waals surface area contributed by atoms with Crippen molar-refractivity contribution in [3.63, 3.8) is 0 Å². The highest BCUT2D eigenvalue weighted by Gasteiger charge is 2.57. The zero-order valence-electron chi connectivity index (χ0n) is 39.7. The van der Waals surface area contributed by atoms with Crippen LogP contribution >= 0.6 is 0 Å². The van der Waals surface area contributed by atoms with Crippen LogP contribution in [0.5, 0.6) is 0 Å². The Kier molecular flexibility index (Phi) is 18.2. The van der Waals surface area contributed by atoms with Gasteiger partial charge in [0.2, 0.25) is 0 Å². The molecule has 2 saturated heterocycles. The summed E-state index contributed by atoms with van der Waals surface area (Å²) in [6, 6.07) is 0. The Hall–Kier alpha value is 1.30. The quantitative estimate of drug-likeness (QED) is 0.109. The van der Waals surface area contributed by atoms with Crippen molar-refractivity contribution in [2.24, 2.45) is 0 Å². The van der Waals surface area contributed by atoms with Crippen LogP contribution in [0.3, 0.4) is 0 Å². The lowest BCUT2D eigenvalue weighted by Crippen LogP contribution is -2.70. The third-order valence-corrected chi connectivity index (χ3v) is 15.7. The Labute approximate surface area is 346 Å². The first-order chi connectivity index (χ1) is 24.2. The van der Waals surface area contributed by atoms with E-state index in [0.717, 1.165) is 0 Å². The second-order valence-corrected chi connectivity index (χ2v) is 59.0. The molecular formula is C36H86O11Si8. The van der Waals surface area contributed by atoms with Crippen molar-refractivity contribution < 1.29 is 49.6 Å². The first kappa shape index (κ1) is 52.4. The smallest absolute Gasteiger partial charge is 0.187 e. The molecular weight excluding hydrogens is 833 g/mol. The van der Waals surface area contributed by atoms with E-state index in [4.69, 9.17) is 49.6 Å². The highest BCUT2D eigenvalue weighted by atomic mass is 28.4. The molecule has 0 spiro atoms. The third kappa shape index (κ3) is 20.6. The maximum atomic E-state index is 7.46. The van der Waals surface area contributed by atoms with Gasteiger partial charge < -0.3 is 49.6 Å². The van der Waals surface area contributed by atoms with Gasteiger partial charge in [0.15, 0.2) is 79.1 Å². The van der Waals surface area contributed by atoms with E-state index in [1.807, 2.05) is 0 Å². The van der Waals surface area contributed by atoms with E-state index in [9.17, 15) is 0 Å². The Bertz CT molecular complexity index is 1180. The summed E-state index contributed by atoms with van der Waals surface area (Å²) in [4.78, 5) is 0. The molecule has 2 heterocycles. The Morgan fingerprint density at radius 1 is 0.291 bits per heavy atom. The highest BCUT2D eigenvalue weighted by molar-refractivity contribution is 6.72. The summed E-state index contributed by atoms with van der Waals surface area (Å²) < 4.78 is 77.4. The summed E-state index contributed by atoms with van der Waals surface area (Å²) in [5.74, 6) is 0. The third-order valence-electron chi connectivity index (χ3n) is 7.75. The standard InChI is InChI=1S/C36H86O11Si8/c1-48(2,3)37-25-27-29(31(43-51(10,11)12)34(46-54(19,20)21)36(40-27)47-55(22,23)24)41-35-33(45-53(16,17)18)32(44-52(13,14)15)30(42-50(7,8)9)28(39-35)26-38-49(4,5)6/h27-36H,25-26H2,1-24H3/t27?,28-,29?,30-,31?,32+,33-,34?,35?,36?/m0/s1. The van der Waals surface area contributed by atoms with Gasteiger partial charge in [0.1, 0.15) is 48.8 Å². The van der Waals surface area contributed by atoms with Crippen LogP contribution < -0.4 is 0 Å². The summed E-state index contributed by atoms with van der Waals surface area (Å²) in [6.45, 7) is 53.5. The Morgan fingerprint density at radius 3 is 0.909 bits per heavy atom. The zero-order valence-corrected chi connectivity index (χ0v) is 47.7. The largest absolute Gasteiger partial charge is 0.415 e. The monoisotopic (exact) mass is 918 g/mol. The molecule has 0 saturated carbocycles. The minimum Gasteiger partial charge on any atom is -0.415 e. The fourth-order valence-electron chi connectivity index (χ4n) is 6.26. The van der Waals surface area contributed by atoms with E-state index in [2.05, 4.69) is 157 Å². The van der Waals surface area contributed by atoms with Crippen molar-refractivity contribution in [2.45, 2.75) is 219 Å². The van der Waals surface area contributed by atoms with Crippen LogP contribution in [0.25, 0.3) is 0 Å². The average molecular weight is 920 g/mol. The van der Waals surface area contributed by atoms with E-state index in [-0.39, 0.29) is 0 Å². The van der Waals surface area contributed by atoms with E-state index in [1.54, 1.807) is 0 Å². The molecule has 2 rings (SSSR count). The molecule has 0 aromatic carbocycles. The topological polar surface area (TPSA) is 102 Å². The number of hydrogen-bond acceptors (Lipinski definition) is 11. The van der Waals surface area contributed by atoms with Gasteiger partial charge >= 0.3 is 0 Å². The van der Waals surface area contributed by atoms with Crippen molar-refractivity contribution in [1.29, 1.82) is 0 Å². The SMILES string of the molecule is C[Si](C)(C)OCC1OC(O[Si](C)(C)C)C(O[Si](C)(C)C)C(O[Si](C)(C)C)C1OC1O[C@@H](CO[Si](C)(C)C)[C@H](O[Si](C)(C)C)[C@@H](O[Si](C)(C)C)[C@@H]1O[Si](C)(C)C. The summed E-state index contributed by atoms with van der Waals surface area (Å²) in [6.07, 6.45) is -5.61. The number of ether oxygens (including phenoxy) is 3. The molecule has 55 heavy (non-hydrogen) atoms. The summed E-state index contributed by atoms with van der Waals surface area (Å²) in [5.41, 5.74) is 0. The van der Waals surface area contributed by atoms with Crippen LogP contribution in [0.15, 0.2) is 0 Å². The molecule has 19 heteroatoms. The molecule has 11 nitrogen and oxygen atoms in total. The maximum Gasteiger partial charge on any atom is 0.187 e. The fraction of sp³-hybridized carbons (Fsp3) is 1.00. The van der Waals surface area contributed by atoms with Crippen LogP contribution in [-0.4, -0.2) is 141 Å². The molecule has 2 aliphatic heterocycles. The van der Waals surface area contributed by atoms with Gasteiger partial charge in [-0.3, -0.25) is 0 Å². The van der Waals surface area contributed by atoms with Crippen LogP contribution in [0.4, 0.5) is 0 Å². The molecule has 0 aromatic rings. The number of hydrogen-bond donors (Lipinski definition) is 0. The Balaban J connectivity index is 2.93. The summed E-state index contributed by atoms with van der Waals surface area (Å²) in [5, 5.41) is 0. The molecule has 0 amide bonds. The number of rotatable bonds is 20. The van der Waals surface area contributed by atoms with Gasteiger partial charge in [-0.05, 0) is 157 Å². The van der Waals surface area contributed by atoms with Gasteiger partial charge in [0.05, 0.1) is 13.2 Å². The molecule has 2 aliphatic rings. The van der Waals surface area contributed by atoms with Gasteiger partial charge in [-0.1, -0.05) is 0 Å². The predicted octanol–water partition coefficient (Wildman–Crippen LogP) is 9.48. The van der Waals surface area contributed by atoms with Crippen molar-refractivity contribution >= 4 is 66.5 Å². The van der Waals surface area contributed by atoms with Crippen LogP contribution in [-0.2, 0) is 49.6 Å². The predicted molar refractivity (Wildman–Crippen MR) is 246 cm³/mol. The molecule has 0 bridgehead atoms. The van der Waals surface area contributed by atoms with Gasteiger partial charge in [-0.25, -0.2) is 0 Å². The highest BCUT2D eigenvalue weighted by Crippen LogP contribution is 2.39. The minimum atomic E-state index is -2.23. The van der Waals surface area contributed by atoms with Crippen LogP contribution in [0.1, 0.15) is 0 Å². The molecule has 0 aliphatic carbocycles. The van der Waals surface area contributed by atoms with Gasteiger partial charge in [0, 0.05) is 0 Å². The maximum absolute atomic E-state index is 7.46. The van der Waals surface area contributed by atoms with E-state index >= 15 is 0 Å². The summed E-state index contributed by atoms with van der Waals surface area (Å²) in [7, 11) is -17.0. The zero-order chi connectivity index (χ0) is 43.0. The van der Waals surface area contributed by atoms with Crippen LogP contribution in [0, 0.1) is 0 Å². The van der Waals surface area contributed by atoms with Crippen molar-refractivity contribution in [3.05, 3.63) is 0 Å². The molecule has 0 radical (unpaired) electrons. The van der Waals surface area contributed by atoms with Crippen molar-refractivity contribution in [1.82, 2.24) is 0 Å². The van der Waals surface area contributed by atoms with Gasteiger partial charge in [-0.2, -0.15) is 0 Å². The molecule has 0 N–H and O–H groups in total. The molecule has 328 valence electrons. The minimum absolute atomic E-state index is 0.321. The fourth-order valence-corrected chi connectivity index (χ4v) is 13.9. The molecule has 10 atom stereocenters. The average Bonchev–Trinajstić information content (AvgIpc) is 2.88. The first-order valence-electron chi connectivity index (χ1n) is 20.5.